The Bertz CT molecular complexity index is 984. The topological polar surface area (TPSA) is 83.4 Å². The molecule has 150 valence electrons. The highest BCUT2D eigenvalue weighted by molar-refractivity contribution is 9.10. The smallest absolute Gasteiger partial charge is 0.363 e. The van der Waals surface area contributed by atoms with Gasteiger partial charge in [0.1, 0.15) is 0 Å². The molecule has 0 atom stereocenters. The lowest BCUT2D eigenvalue weighted by Gasteiger charge is -2.13. The molecule has 0 bridgehead atoms. The fraction of sp³-hybridized carbons (Fsp3) is 0.190. The van der Waals surface area contributed by atoms with Gasteiger partial charge in [-0.25, -0.2) is 14.6 Å². The number of benzene rings is 2. The minimum Gasteiger partial charge on any atom is -0.493 e. The van der Waals surface area contributed by atoms with Crippen LogP contribution in [-0.2, 0) is 19.1 Å². The second kappa shape index (κ2) is 9.38. The molecule has 2 aromatic rings. The van der Waals surface area contributed by atoms with Crippen LogP contribution in [-0.4, -0.2) is 38.2 Å². The van der Waals surface area contributed by atoms with Gasteiger partial charge < -0.3 is 18.9 Å². The molecule has 0 saturated heterocycles. The highest BCUT2D eigenvalue weighted by Gasteiger charge is 2.24. The Morgan fingerprint density at radius 1 is 1.24 bits per heavy atom. The van der Waals surface area contributed by atoms with E-state index in [4.69, 9.17) is 18.9 Å². The van der Waals surface area contributed by atoms with Gasteiger partial charge in [-0.15, -0.1) is 0 Å². The summed E-state index contributed by atoms with van der Waals surface area (Å²) in [6.07, 6.45) is 1.58. The molecule has 7 nitrogen and oxygen atoms in total. The Labute approximate surface area is 176 Å². The van der Waals surface area contributed by atoms with Crippen LogP contribution in [0.2, 0.25) is 0 Å². The van der Waals surface area contributed by atoms with E-state index in [1.54, 1.807) is 25.1 Å². The highest BCUT2D eigenvalue weighted by Crippen LogP contribution is 2.37. The van der Waals surface area contributed by atoms with Gasteiger partial charge in [0.2, 0.25) is 5.90 Å². The summed E-state index contributed by atoms with van der Waals surface area (Å²) >= 11 is 3.40. The fourth-order valence-electron chi connectivity index (χ4n) is 2.57. The maximum atomic E-state index is 12.2. The third kappa shape index (κ3) is 5.03. The summed E-state index contributed by atoms with van der Waals surface area (Å²) < 4.78 is 21.5. The number of rotatable bonds is 7. The van der Waals surface area contributed by atoms with Crippen LogP contribution in [0.15, 0.2) is 57.6 Å². The van der Waals surface area contributed by atoms with E-state index in [2.05, 4.69) is 20.9 Å². The molecule has 2 aromatic carbocycles. The Kier molecular flexibility index (Phi) is 6.66. The molecule has 0 N–H and O–H groups in total. The van der Waals surface area contributed by atoms with Gasteiger partial charge in [-0.1, -0.05) is 18.2 Å². The quantitative estimate of drug-likeness (QED) is 0.463. The van der Waals surface area contributed by atoms with Crippen molar-refractivity contribution >= 4 is 39.8 Å². The molecule has 0 amide bonds. The number of carbonyl (C=O) groups is 2. The van der Waals surface area contributed by atoms with E-state index in [1.165, 1.54) is 7.11 Å². The number of ether oxygens (including phenoxy) is 4. The van der Waals surface area contributed by atoms with Crippen molar-refractivity contribution < 1.29 is 28.5 Å². The molecule has 0 fully saturated rings. The Morgan fingerprint density at radius 3 is 2.69 bits per heavy atom. The second-order valence-electron chi connectivity index (χ2n) is 5.83. The van der Waals surface area contributed by atoms with Gasteiger partial charge in [-0.05, 0) is 58.8 Å². The van der Waals surface area contributed by atoms with Crippen LogP contribution in [0.1, 0.15) is 18.1 Å². The number of cyclic esters (lactones) is 1. The second-order valence-corrected chi connectivity index (χ2v) is 6.68. The molecule has 8 heteroatoms. The van der Waals surface area contributed by atoms with Crippen LogP contribution < -0.4 is 9.47 Å². The van der Waals surface area contributed by atoms with Gasteiger partial charge in [0, 0.05) is 5.56 Å². The van der Waals surface area contributed by atoms with Crippen LogP contribution in [0.3, 0.4) is 0 Å². The largest absolute Gasteiger partial charge is 0.493 e. The van der Waals surface area contributed by atoms with E-state index in [-0.39, 0.29) is 24.8 Å². The van der Waals surface area contributed by atoms with Crippen LogP contribution in [0.4, 0.5) is 0 Å². The summed E-state index contributed by atoms with van der Waals surface area (Å²) in [4.78, 5) is 28.0. The first-order valence-electron chi connectivity index (χ1n) is 8.75. The van der Waals surface area contributed by atoms with Gasteiger partial charge in [-0.2, -0.15) is 0 Å². The molecular formula is C21H18BrNO6. The third-order valence-corrected chi connectivity index (χ3v) is 4.43. The molecule has 1 aliphatic heterocycles. The predicted octanol–water partition coefficient (Wildman–Crippen LogP) is 3.74. The zero-order chi connectivity index (χ0) is 20.8. The molecule has 0 aliphatic carbocycles. The highest BCUT2D eigenvalue weighted by atomic mass is 79.9. The summed E-state index contributed by atoms with van der Waals surface area (Å²) in [6, 6.07) is 12.6. The molecule has 0 spiro atoms. The summed E-state index contributed by atoms with van der Waals surface area (Å²) in [5, 5.41) is 0. The number of nitrogens with zero attached hydrogens (tertiary/aromatic N) is 1. The summed E-state index contributed by atoms with van der Waals surface area (Å²) in [5.74, 6) is -0.0349. The van der Waals surface area contributed by atoms with E-state index in [9.17, 15) is 9.59 Å². The molecule has 1 aliphatic rings. The molecule has 0 saturated carbocycles. The fourth-order valence-corrected chi connectivity index (χ4v) is 3.14. The van der Waals surface area contributed by atoms with Crippen LogP contribution >= 0.6 is 15.9 Å². The lowest BCUT2D eigenvalue weighted by molar-refractivity contribution is -0.145. The third-order valence-electron chi connectivity index (χ3n) is 3.84. The number of aliphatic imine (C=N–C) groups is 1. The van der Waals surface area contributed by atoms with Gasteiger partial charge in [-0.3, -0.25) is 0 Å². The number of halogens is 1. The van der Waals surface area contributed by atoms with Crippen LogP contribution in [0, 0.1) is 0 Å². The summed E-state index contributed by atoms with van der Waals surface area (Å²) in [6.45, 7) is 1.74. The number of methoxy groups -OCH3 is 1. The normalized spacial score (nSPS) is 14.4. The lowest BCUT2D eigenvalue weighted by atomic mass is 10.1. The average molecular weight is 460 g/mol. The maximum Gasteiger partial charge on any atom is 0.363 e. The van der Waals surface area contributed by atoms with Crippen molar-refractivity contribution in [3.63, 3.8) is 0 Å². The summed E-state index contributed by atoms with van der Waals surface area (Å²) in [7, 11) is 1.48. The van der Waals surface area contributed by atoms with Gasteiger partial charge in [0.05, 0.1) is 18.2 Å². The Hall–Kier alpha value is -3.13. The number of carbonyl (C=O) groups excluding carboxylic acids is 2. The SMILES string of the molecule is CCOC(=O)COc1c(Br)cc(/C=C2/N=C(c3ccccc3)OC2=O)cc1OC. The van der Waals surface area contributed by atoms with Crippen molar-refractivity contribution in [1.29, 1.82) is 0 Å². The molecule has 0 aromatic heterocycles. The number of hydrogen-bond donors (Lipinski definition) is 0. The summed E-state index contributed by atoms with van der Waals surface area (Å²) in [5.41, 5.74) is 1.52. The van der Waals surface area contributed by atoms with Crippen LogP contribution in [0.25, 0.3) is 6.08 Å². The zero-order valence-electron chi connectivity index (χ0n) is 15.8. The Morgan fingerprint density at radius 2 is 2.00 bits per heavy atom. The monoisotopic (exact) mass is 459 g/mol. The first kappa shape index (κ1) is 20.6. The van der Waals surface area contributed by atoms with Crippen molar-refractivity contribution in [1.82, 2.24) is 0 Å². The molecule has 0 radical (unpaired) electrons. The van der Waals surface area contributed by atoms with Crippen LogP contribution in [0.5, 0.6) is 11.5 Å². The minimum absolute atomic E-state index is 0.165. The van der Waals surface area contributed by atoms with Crippen molar-refractivity contribution in [2.24, 2.45) is 4.99 Å². The maximum absolute atomic E-state index is 12.2. The van der Waals surface area contributed by atoms with Crippen molar-refractivity contribution in [3.05, 3.63) is 63.8 Å². The minimum atomic E-state index is -0.540. The van der Waals surface area contributed by atoms with E-state index in [1.807, 2.05) is 30.3 Å². The molecule has 3 rings (SSSR count). The van der Waals surface area contributed by atoms with Gasteiger partial charge in [0.25, 0.3) is 0 Å². The van der Waals surface area contributed by atoms with E-state index in [0.717, 1.165) is 0 Å². The van der Waals surface area contributed by atoms with Gasteiger partial charge >= 0.3 is 11.9 Å². The van der Waals surface area contributed by atoms with E-state index >= 15 is 0 Å². The molecular weight excluding hydrogens is 442 g/mol. The zero-order valence-corrected chi connectivity index (χ0v) is 17.4. The first-order valence-corrected chi connectivity index (χ1v) is 9.55. The first-order chi connectivity index (χ1) is 14.0. The number of esters is 2. The molecule has 1 heterocycles. The van der Waals surface area contributed by atoms with Crippen molar-refractivity contribution in [2.75, 3.05) is 20.3 Å². The van der Waals surface area contributed by atoms with Crippen molar-refractivity contribution in [3.8, 4) is 11.5 Å². The standard InChI is InChI=1S/C21H18BrNO6/c1-3-27-18(24)12-28-19-15(22)9-13(11-17(19)26-2)10-16-21(25)29-20(23-16)14-7-5-4-6-8-14/h4-11H,3,12H2,1-2H3/b16-10+. The lowest BCUT2D eigenvalue weighted by Crippen LogP contribution is -2.15. The predicted molar refractivity (Wildman–Crippen MR) is 110 cm³/mol. The van der Waals surface area contributed by atoms with E-state index < -0.39 is 11.9 Å². The molecule has 29 heavy (non-hydrogen) atoms. The van der Waals surface area contributed by atoms with Gasteiger partial charge in [0.15, 0.2) is 23.8 Å². The van der Waals surface area contributed by atoms with E-state index in [0.29, 0.717) is 27.1 Å². The molecule has 0 unspecified atom stereocenters. The average Bonchev–Trinajstić information content (AvgIpc) is 3.08. The Balaban J connectivity index is 1.86. The number of hydrogen-bond acceptors (Lipinski definition) is 7. The van der Waals surface area contributed by atoms with Crippen molar-refractivity contribution in [2.45, 2.75) is 6.92 Å².